The highest BCUT2D eigenvalue weighted by Gasteiger charge is 2.17. The van der Waals surface area contributed by atoms with Crippen molar-refractivity contribution in [3.8, 4) is 0 Å². The number of hydrogen-bond acceptors (Lipinski definition) is 4. The molecule has 8 heteroatoms. The first-order valence-corrected chi connectivity index (χ1v) is 8.53. The van der Waals surface area contributed by atoms with E-state index in [1.165, 1.54) is 19.1 Å². The third-order valence-corrected chi connectivity index (χ3v) is 4.37. The van der Waals surface area contributed by atoms with Gasteiger partial charge in [0.25, 0.3) is 10.0 Å². The summed E-state index contributed by atoms with van der Waals surface area (Å²) in [6.45, 7) is 3.22. The number of hydrogen-bond donors (Lipinski definition) is 3. The van der Waals surface area contributed by atoms with Gasteiger partial charge in [-0.2, -0.15) is 0 Å². The van der Waals surface area contributed by atoms with E-state index in [2.05, 4.69) is 10.6 Å². The van der Waals surface area contributed by atoms with Gasteiger partial charge in [0.1, 0.15) is 0 Å². The highest BCUT2D eigenvalue weighted by Crippen LogP contribution is 2.14. The van der Waals surface area contributed by atoms with Gasteiger partial charge in [0.15, 0.2) is 0 Å². The van der Waals surface area contributed by atoms with E-state index >= 15 is 0 Å². The number of rotatable bonds is 4. The molecule has 7 nitrogen and oxygen atoms in total. The highest BCUT2D eigenvalue weighted by atomic mass is 32.2. The Morgan fingerprint density at radius 3 is 1.83 bits per heavy atom. The second-order valence-electron chi connectivity index (χ2n) is 5.13. The summed E-state index contributed by atoms with van der Waals surface area (Å²) in [6.07, 6.45) is 0. The molecule has 0 aliphatic carbocycles. The maximum atomic E-state index is 12.1. The summed E-state index contributed by atoms with van der Waals surface area (Å²) in [5, 5.41) is 5.00. The lowest BCUT2D eigenvalue weighted by Gasteiger charge is -2.09. The Bertz CT molecular complexity index is 844. The summed E-state index contributed by atoms with van der Waals surface area (Å²) in [6, 6.07) is 11.5. The van der Waals surface area contributed by atoms with Crippen LogP contribution in [0, 0.1) is 6.92 Å². The Kier molecular flexibility index (Phi) is 5.20. The van der Waals surface area contributed by atoms with Crippen molar-refractivity contribution >= 4 is 33.3 Å². The zero-order chi connectivity index (χ0) is 17.7. The molecule has 0 spiro atoms. The predicted molar refractivity (Wildman–Crippen MR) is 91.3 cm³/mol. The molecule has 0 atom stereocenters. The van der Waals surface area contributed by atoms with Crippen molar-refractivity contribution in [3.05, 3.63) is 54.1 Å². The molecule has 2 aromatic carbocycles. The molecule has 2 rings (SSSR count). The summed E-state index contributed by atoms with van der Waals surface area (Å²) in [7, 11) is -3.94. The van der Waals surface area contributed by atoms with Gasteiger partial charge in [0.05, 0.1) is 4.90 Å². The molecule has 3 amide bonds. The lowest BCUT2D eigenvalue weighted by molar-refractivity contribution is -0.114. The van der Waals surface area contributed by atoms with Gasteiger partial charge in [-0.05, 0) is 43.3 Å². The molecule has 24 heavy (non-hydrogen) atoms. The van der Waals surface area contributed by atoms with E-state index < -0.39 is 16.1 Å². The van der Waals surface area contributed by atoms with Crippen molar-refractivity contribution in [1.29, 1.82) is 0 Å². The zero-order valence-electron chi connectivity index (χ0n) is 13.2. The van der Waals surface area contributed by atoms with Gasteiger partial charge in [-0.25, -0.2) is 17.9 Å². The lowest BCUT2D eigenvalue weighted by Crippen LogP contribution is -2.34. The number of nitrogens with one attached hydrogen (secondary N) is 3. The van der Waals surface area contributed by atoms with Crippen molar-refractivity contribution in [1.82, 2.24) is 4.72 Å². The smallest absolute Gasteiger partial charge is 0.326 e. The first-order valence-electron chi connectivity index (χ1n) is 7.04. The van der Waals surface area contributed by atoms with Crippen LogP contribution in [0.4, 0.5) is 16.2 Å². The first kappa shape index (κ1) is 17.5. The fourth-order valence-corrected chi connectivity index (χ4v) is 2.80. The third-order valence-electron chi connectivity index (χ3n) is 3.02. The molecule has 0 aromatic heterocycles. The number of aryl methyl sites for hydroxylation is 1. The molecule has 0 unspecified atom stereocenters. The number of sulfonamides is 1. The lowest BCUT2D eigenvalue weighted by atomic mass is 10.2. The summed E-state index contributed by atoms with van der Waals surface area (Å²) < 4.78 is 26.1. The molecule has 0 aliphatic heterocycles. The Hall–Kier alpha value is -2.87. The van der Waals surface area contributed by atoms with E-state index in [-0.39, 0.29) is 10.8 Å². The Morgan fingerprint density at radius 2 is 1.33 bits per heavy atom. The van der Waals surface area contributed by atoms with Crippen molar-refractivity contribution in [2.45, 2.75) is 18.7 Å². The van der Waals surface area contributed by atoms with Gasteiger partial charge in [0.2, 0.25) is 5.91 Å². The Labute approximate surface area is 140 Å². The van der Waals surface area contributed by atoms with Crippen LogP contribution in [0.5, 0.6) is 0 Å². The van der Waals surface area contributed by atoms with Gasteiger partial charge in [-0.15, -0.1) is 0 Å². The average Bonchev–Trinajstić information content (AvgIpc) is 2.48. The van der Waals surface area contributed by atoms with Crippen molar-refractivity contribution in [3.63, 3.8) is 0 Å². The van der Waals surface area contributed by atoms with Crippen LogP contribution in [0.3, 0.4) is 0 Å². The normalized spacial score (nSPS) is 10.8. The summed E-state index contributed by atoms with van der Waals surface area (Å²) in [5.41, 5.74) is 1.87. The molecule has 0 heterocycles. The number of urea groups is 1. The van der Waals surface area contributed by atoms with Crippen LogP contribution in [-0.4, -0.2) is 20.4 Å². The Morgan fingerprint density at radius 1 is 0.833 bits per heavy atom. The highest BCUT2D eigenvalue weighted by molar-refractivity contribution is 7.90. The van der Waals surface area contributed by atoms with Crippen LogP contribution in [0.1, 0.15) is 12.5 Å². The fraction of sp³-hybridized carbons (Fsp3) is 0.125. The monoisotopic (exact) mass is 347 g/mol. The van der Waals surface area contributed by atoms with Crippen LogP contribution in [0.25, 0.3) is 0 Å². The van der Waals surface area contributed by atoms with Gasteiger partial charge < -0.3 is 10.6 Å². The predicted octanol–water partition coefficient (Wildman–Crippen LogP) is 2.46. The molecular weight excluding hydrogens is 330 g/mol. The molecular formula is C16H17N3O4S. The largest absolute Gasteiger partial charge is 0.333 e. The van der Waals surface area contributed by atoms with Crippen LogP contribution >= 0.6 is 0 Å². The van der Waals surface area contributed by atoms with E-state index in [1.807, 2.05) is 11.6 Å². The van der Waals surface area contributed by atoms with Crippen molar-refractivity contribution in [2.24, 2.45) is 0 Å². The topological polar surface area (TPSA) is 104 Å². The summed E-state index contributed by atoms with van der Waals surface area (Å²) in [5.74, 6) is -0.211. The third kappa shape index (κ3) is 4.82. The zero-order valence-corrected chi connectivity index (χ0v) is 14.0. The first-order chi connectivity index (χ1) is 11.3. The maximum Gasteiger partial charge on any atom is 0.333 e. The molecule has 0 bridgehead atoms. The standard InChI is InChI=1S/C16H17N3O4S/c1-11-3-9-15(10-4-11)24(22,23)19-16(21)18-14-7-5-13(6-8-14)17-12(2)20/h3-10H,1-2H3,(H,17,20)(H2,18,19,21). The molecule has 0 radical (unpaired) electrons. The van der Waals surface area contributed by atoms with E-state index in [4.69, 9.17) is 0 Å². The minimum Gasteiger partial charge on any atom is -0.326 e. The van der Waals surface area contributed by atoms with Crippen LogP contribution in [0.15, 0.2) is 53.4 Å². The fourth-order valence-electron chi connectivity index (χ4n) is 1.90. The number of benzene rings is 2. The van der Waals surface area contributed by atoms with E-state index in [1.54, 1.807) is 36.4 Å². The van der Waals surface area contributed by atoms with Gasteiger partial charge in [-0.1, -0.05) is 17.7 Å². The second kappa shape index (κ2) is 7.14. The van der Waals surface area contributed by atoms with Gasteiger partial charge in [-0.3, -0.25) is 4.79 Å². The summed E-state index contributed by atoms with van der Waals surface area (Å²) >= 11 is 0. The quantitative estimate of drug-likeness (QED) is 0.790. The van der Waals surface area contributed by atoms with Gasteiger partial charge in [0, 0.05) is 18.3 Å². The molecule has 0 aliphatic rings. The minimum absolute atomic E-state index is 0.00394. The second-order valence-corrected chi connectivity index (χ2v) is 6.81. The number of amides is 3. The Balaban J connectivity index is 2.02. The van der Waals surface area contributed by atoms with E-state index in [0.717, 1.165) is 5.56 Å². The van der Waals surface area contributed by atoms with Crippen LogP contribution in [-0.2, 0) is 14.8 Å². The van der Waals surface area contributed by atoms with Gasteiger partial charge >= 0.3 is 6.03 Å². The maximum absolute atomic E-state index is 12.1. The minimum atomic E-state index is -3.94. The average molecular weight is 347 g/mol. The molecule has 0 fully saturated rings. The SMILES string of the molecule is CC(=O)Nc1ccc(NC(=O)NS(=O)(=O)c2ccc(C)cc2)cc1. The number of anilines is 2. The molecule has 0 saturated carbocycles. The summed E-state index contributed by atoms with van der Waals surface area (Å²) in [4.78, 5) is 22.8. The molecule has 0 saturated heterocycles. The van der Waals surface area contributed by atoms with E-state index in [0.29, 0.717) is 11.4 Å². The van der Waals surface area contributed by atoms with Crippen molar-refractivity contribution in [2.75, 3.05) is 10.6 Å². The number of carbonyl (C=O) groups excluding carboxylic acids is 2. The molecule has 2 aromatic rings. The number of carbonyl (C=O) groups is 2. The molecule has 126 valence electrons. The van der Waals surface area contributed by atoms with Crippen LogP contribution < -0.4 is 15.4 Å². The molecule has 3 N–H and O–H groups in total. The van der Waals surface area contributed by atoms with E-state index in [9.17, 15) is 18.0 Å². The van der Waals surface area contributed by atoms with Crippen LogP contribution in [0.2, 0.25) is 0 Å². The van der Waals surface area contributed by atoms with Crippen molar-refractivity contribution < 1.29 is 18.0 Å².